The Hall–Kier alpha value is -2.11. The Labute approximate surface area is 141 Å². The van der Waals surface area contributed by atoms with Gasteiger partial charge in [-0.05, 0) is 49.7 Å². The van der Waals surface area contributed by atoms with Crippen molar-refractivity contribution in [2.24, 2.45) is 17.8 Å². The van der Waals surface area contributed by atoms with Crippen molar-refractivity contribution in [2.45, 2.75) is 25.7 Å². The largest absolute Gasteiger partial charge is 0.481 e. The molecule has 3 fully saturated rings. The molecule has 24 heavy (non-hydrogen) atoms. The van der Waals surface area contributed by atoms with Crippen molar-refractivity contribution >= 4 is 17.7 Å². The number of carbonyl (C=O) groups excluding carboxylic acids is 1. The van der Waals surface area contributed by atoms with Crippen LogP contribution in [0.2, 0.25) is 0 Å². The maximum Gasteiger partial charge on any atom is 0.308 e. The number of anilines is 1. The van der Waals surface area contributed by atoms with Gasteiger partial charge in [-0.15, -0.1) is 0 Å². The Kier molecular flexibility index (Phi) is 3.90. The quantitative estimate of drug-likeness (QED) is 0.913. The molecule has 1 aromatic heterocycles. The highest BCUT2D eigenvalue weighted by Gasteiger charge is 2.46. The zero-order chi connectivity index (χ0) is 16.7. The van der Waals surface area contributed by atoms with Crippen LogP contribution in [0.5, 0.6) is 0 Å². The van der Waals surface area contributed by atoms with E-state index in [1.807, 2.05) is 15.9 Å². The monoisotopic (exact) mass is 329 g/mol. The lowest BCUT2D eigenvalue weighted by atomic mass is 9.92. The van der Waals surface area contributed by atoms with E-state index in [4.69, 9.17) is 0 Å². The molecule has 1 amide bonds. The van der Waals surface area contributed by atoms with Crippen molar-refractivity contribution in [1.29, 1.82) is 0 Å². The highest BCUT2D eigenvalue weighted by molar-refractivity contribution is 5.95. The number of pyridine rings is 1. The SMILES string of the molecule is O=C(O)[C@@H]1CN(c2cc(C(=O)N3CCCC3)ccn2)C[C@H]1C1CC1. The van der Waals surface area contributed by atoms with Crippen molar-refractivity contribution in [3.8, 4) is 0 Å². The zero-order valence-electron chi connectivity index (χ0n) is 13.7. The van der Waals surface area contributed by atoms with E-state index >= 15 is 0 Å². The van der Waals surface area contributed by atoms with E-state index in [0.29, 0.717) is 18.0 Å². The van der Waals surface area contributed by atoms with E-state index in [-0.39, 0.29) is 17.7 Å². The second-order valence-corrected chi connectivity index (χ2v) is 7.25. The third-order valence-electron chi connectivity index (χ3n) is 5.62. The highest BCUT2D eigenvalue weighted by Crippen LogP contribution is 2.44. The molecule has 128 valence electrons. The number of hydrogen-bond acceptors (Lipinski definition) is 4. The molecule has 1 aliphatic carbocycles. The molecule has 0 spiro atoms. The van der Waals surface area contributed by atoms with Crippen LogP contribution in [0, 0.1) is 17.8 Å². The molecule has 4 rings (SSSR count). The number of nitrogens with zero attached hydrogens (tertiary/aromatic N) is 3. The molecule has 6 heteroatoms. The van der Waals surface area contributed by atoms with Crippen molar-refractivity contribution < 1.29 is 14.7 Å². The van der Waals surface area contributed by atoms with Crippen molar-refractivity contribution in [3.63, 3.8) is 0 Å². The molecule has 3 aliphatic rings. The van der Waals surface area contributed by atoms with E-state index in [0.717, 1.165) is 51.1 Å². The fraction of sp³-hybridized carbons (Fsp3) is 0.611. The summed E-state index contributed by atoms with van der Waals surface area (Å²) in [5, 5.41) is 9.50. The molecule has 0 radical (unpaired) electrons. The molecule has 3 heterocycles. The number of aromatic nitrogens is 1. The van der Waals surface area contributed by atoms with Crippen LogP contribution in [0.1, 0.15) is 36.0 Å². The molecule has 0 unspecified atom stereocenters. The standard InChI is InChI=1S/C18H23N3O3/c22-17(20-7-1-2-8-20)13-5-6-19-16(9-13)21-10-14(12-3-4-12)15(11-21)18(23)24/h5-6,9,12,14-15H,1-4,7-8,10-11H2,(H,23,24)/t14-,15+/m0/s1. The molecule has 1 aromatic rings. The van der Waals surface area contributed by atoms with Crippen LogP contribution >= 0.6 is 0 Å². The predicted molar refractivity (Wildman–Crippen MR) is 88.9 cm³/mol. The number of rotatable bonds is 4. The summed E-state index contributed by atoms with van der Waals surface area (Å²) in [6.07, 6.45) is 6.09. The van der Waals surface area contributed by atoms with E-state index in [2.05, 4.69) is 4.98 Å². The number of likely N-dealkylation sites (tertiary alicyclic amines) is 1. The Morgan fingerprint density at radius 2 is 1.92 bits per heavy atom. The fourth-order valence-electron chi connectivity index (χ4n) is 4.11. The average Bonchev–Trinajstić information content (AvgIpc) is 3.12. The Balaban J connectivity index is 1.53. The Morgan fingerprint density at radius 1 is 1.17 bits per heavy atom. The van der Waals surface area contributed by atoms with Crippen molar-refractivity contribution in [1.82, 2.24) is 9.88 Å². The van der Waals surface area contributed by atoms with Gasteiger partial charge >= 0.3 is 5.97 Å². The lowest BCUT2D eigenvalue weighted by Crippen LogP contribution is -2.28. The lowest BCUT2D eigenvalue weighted by Gasteiger charge is -2.19. The van der Waals surface area contributed by atoms with Gasteiger partial charge < -0.3 is 14.9 Å². The average molecular weight is 329 g/mol. The minimum absolute atomic E-state index is 0.0591. The zero-order valence-corrected chi connectivity index (χ0v) is 13.7. The first kappa shape index (κ1) is 15.4. The van der Waals surface area contributed by atoms with Gasteiger partial charge in [0.15, 0.2) is 0 Å². The smallest absolute Gasteiger partial charge is 0.308 e. The van der Waals surface area contributed by atoms with E-state index in [1.54, 1.807) is 12.3 Å². The van der Waals surface area contributed by atoms with Crippen LogP contribution in [-0.2, 0) is 4.79 Å². The van der Waals surface area contributed by atoms with Crippen LogP contribution in [-0.4, -0.2) is 53.0 Å². The van der Waals surface area contributed by atoms with Gasteiger partial charge in [-0.1, -0.05) is 0 Å². The molecule has 1 saturated carbocycles. The van der Waals surface area contributed by atoms with Gasteiger partial charge in [0.2, 0.25) is 0 Å². The minimum atomic E-state index is -0.710. The van der Waals surface area contributed by atoms with Crippen LogP contribution in [0.4, 0.5) is 5.82 Å². The van der Waals surface area contributed by atoms with Gasteiger partial charge in [0.05, 0.1) is 5.92 Å². The number of hydrogen-bond donors (Lipinski definition) is 1. The lowest BCUT2D eigenvalue weighted by molar-refractivity contribution is -0.142. The molecule has 6 nitrogen and oxygen atoms in total. The second kappa shape index (κ2) is 6.07. The fourth-order valence-corrected chi connectivity index (χ4v) is 4.11. The third-order valence-corrected chi connectivity index (χ3v) is 5.62. The summed E-state index contributed by atoms with van der Waals surface area (Å²) in [4.78, 5) is 32.4. The number of amides is 1. The summed E-state index contributed by atoms with van der Waals surface area (Å²) >= 11 is 0. The van der Waals surface area contributed by atoms with Crippen molar-refractivity contribution in [2.75, 3.05) is 31.1 Å². The highest BCUT2D eigenvalue weighted by atomic mass is 16.4. The van der Waals surface area contributed by atoms with Crippen LogP contribution in [0.25, 0.3) is 0 Å². The van der Waals surface area contributed by atoms with Gasteiger partial charge in [0, 0.05) is 37.9 Å². The number of carboxylic acids is 1. The molecule has 1 N–H and O–H groups in total. The van der Waals surface area contributed by atoms with E-state index < -0.39 is 5.97 Å². The molecule has 0 bridgehead atoms. The molecule has 2 aliphatic heterocycles. The normalized spacial score (nSPS) is 26.8. The van der Waals surface area contributed by atoms with Gasteiger partial charge in [-0.3, -0.25) is 9.59 Å². The summed E-state index contributed by atoms with van der Waals surface area (Å²) in [7, 11) is 0. The third kappa shape index (κ3) is 2.85. The molecular weight excluding hydrogens is 306 g/mol. The molecule has 2 saturated heterocycles. The first-order chi connectivity index (χ1) is 11.6. The van der Waals surface area contributed by atoms with Gasteiger partial charge in [-0.2, -0.15) is 0 Å². The Morgan fingerprint density at radius 3 is 2.58 bits per heavy atom. The van der Waals surface area contributed by atoms with Crippen LogP contribution in [0.15, 0.2) is 18.3 Å². The number of carboxylic acid groups (broad SMARTS) is 1. The molecular formula is C18H23N3O3. The van der Waals surface area contributed by atoms with Crippen LogP contribution in [0.3, 0.4) is 0 Å². The topological polar surface area (TPSA) is 73.7 Å². The number of carbonyl (C=O) groups is 2. The predicted octanol–water partition coefficient (Wildman–Crippen LogP) is 1.86. The maximum absolute atomic E-state index is 12.6. The van der Waals surface area contributed by atoms with Crippen LogP contribution < -0.4 is 4.90 Å². The summed E-state index contributed by atoms with van der Waals surface area (Å²) in [6.45, 7) is 2.87. The second-order valence-electron chi connectivity index (χ2n) is 7.25. The van der Waals surface area contributed by atoms with Crippen molar-refractivity contribution in [3.05, 3.63) is 23.9 Å². The van der Waals surface area contributed by atoms with Gasteiger partial charge in [-0.25, -0.2) is 4.98 Å². The summed E-state index contributed by atoms with van der Waals surface area (Å²) < 4.78 is 0. The van der Waals surface area contributed by atoms with Gasteiger partial charge in [0.1, 0.15) is 5.82 Å². The first-order valence-corrected chi connectivity index (χ1v) is 8.86. The summed E-state index contributed by atoms with van der Waals surface area (Å²) in [5.41, 5.74) is 0.656. The Bertz CT molecular complexity index is 653. The summed E-state index contributed by atoms with van der Waals surface area (Å²) in [5.74, 6) is 0.516. The van der Waals surface area contributed by atoms with E-state index in [1.165, 1.54) is 0 Å². The summed E-state index contributed by atoms with van der Waals surface area (Å²) in [6, 6.07) is 3.59. The molecule has 2 atom stereocenters. The minimum Gasteiger partial charge on any atom is -0.481 e. The van der Waals surface area contributed by atoms with E-state index in [9.17, 15) is 14.7 Å². The first-order valence-electron chi connectivity index (χ1n) is 8.86. The van der Waals surface area contributed by atoms with Gasteiger partial charge in [0.25, 0.3) is 5.91 Å². The molecule has 0 aromatic carbocycles. The maximum atomic E-state index is 12.6. The number of aliphatic carboxylic acids is 1.